The molecular formula is C18H24N4O3S2. The number of carbonyl (C=O) groups excluding carboxylic acids is 2. The number of carbonyl (C=O) groups is 2. The monoisotopic (exact) mass is 408 g/mol. The lowest BCUT2D eigenvalue weighted by atomic mass is 9.90. The van der Waals surface area contributed by atoms with E-state index in [1.54, 1.807) is 11.3 Å². The fourth-order valence-corrected chi connectivity index (χ4v) is 4.52. The molecule has 27 heavy (non-hydrogen) atoms. The molecule has 0 saturated heterocycles. The first kappa shape index (κ1) is 19.9. The third kappa shape index (κ3) is 5.32. The summed E-state index contributed by atoms with van der Waals surface area (Å²) in [6, 6.07) is 1.67. The number of aromatic nitrogens is 2. The molecule has 1 aliphatic carbocycles. The van der Waals surface area contributed by atoms with Crippen LogP contribution in [-0.2, 0) is 17.6 Å². The molecule has 3 amide bonds. The number of hydrogen-bond acceptors (Lipinski definition) is 7. The van der Waals surface area contributed by atoms with Crippen LogP contribution in [0.3, 0.4) is 0 Å². The average molecular weight is 409 g/mol. The van der Waals surface area contributed by atoms with Gasteiger partial charge in [0.1, 0.15) is 0 Å². The Morgan fingerprint density at radius 3 is 3.04 bits per heavy atom. The van der Waals surface area contributed by atoms with Crippen LogP contribution in [0.5, 0.6) is 0 Å². The number of imide groups is 1. The highest BCUT2D eigenvalue weighted by molar-refractivity contribution is 7.99. The Kier molecular flexibility index (Phi) is 6.54. The van der Waals surface area contributed by atoms with E-state index in [0.717, 1.165) is 35.9 Å². The van der Waals surface area contributed by atoms with E-state index in [0.29, 0.717) is 17.0 Å². The van der Waals surface area contributed by atoms with Crippen molar-refractivity contribution in [3.8, 4) is 10.8 Å². The van der Waals surface area contributed by atoms with Gasteiger partial charge in [-0.3, -0.25) is 10.1 Å². The summed E-state index contributed by atoms with van der Waals surface area (Å²) in [6.07, 6.45) is 4.22. The van der Waals surface area contributed by atoms with Gasteiger partial charge in [0.25, 0.3) is 11.1 Å². The van der Waals surface area contributed by atoms with Crippen molar-refractivity contribution in [1.29, 1.82) is 0 Å². The molecule has 0 radical (unpaired) electrons. The first-order valence-electron chi connectivity index (χ1n) is 9.13. The molecule has 2 aromatic heterocycles. The first-order chi connectivity index (χ1) is 12.9. The van der Waals surface area contributed by atoms with Crippen molar-refractivity contribution < 1.29 is 14.0 Å². The van der Waals surface area contributed by atoms with Gasteiger partial charge in [0.15, 0.2) is 0 Å². The van der Waals surface area contributed by atoms with Crippen molar-refractivity contribution in [2.75, 3.05) is 5.75 Å². The molecular weight excluding hydrogens is 384 g/mol. The highest BCUT2D eigenvalue weighted by Gasteiger charge is 2.21. The third-order valence-electron chi connectivity index (χ3n) is 4.52. The normalized spacial score (nSPS) is 17.2. The first-order valence-corrected chi connectivity index (χ1v) is 10.9. The van der Waals surface area contributed by atoms with Crippen molar-refractivity contribution in [2.45, 2.75) is 57.7 Å². The number of urea groups is 1. The second-order valence-electron chi connectivity index (χ2n) is 6.90. The van der Waals surface area contributed by atoms with E-state index in [-0.39, 0.29) is 11.8 Å². The Labute approximate surface area is 166 Å². The highest BCUT2D eigenvalue weighted by atomic mass is 32.2. The third-order valence-corrected chi connectivity index (χ3v) is 6.56. The van der Waals surface area contributed by atoms with Crippen LogP contribution in [0.1, 0.15) is 44.1 Å². The van der Waals surface area contributed by atoms with Crippen molar-refractivity contribution in [1.82, 2.24) is 20.8 Å². The van der Waals surface area contributed by atoms with Gasteiger partial charge in [-0.05, 0) is 50.2 Å². The minimum Gasteiger partial charge on any atom is -0.410 e. The smallest absolute Gasteiger partial charge is 0.321 e. The number of hydrogen-bond donors (Lipinski definition) is 2. The van der Waals surface area contributed by atoms with Crippen LogP contribution in [0.4, 0.5) is 4.79 Å². The van der Waals surface area contributed by atoms with E-state index >= 15 is 0 Å². The number of nitrogens with zero attached hydrogens (tertiary/aromatic N) is 2. The highest BCUT2D eigenvalue weighted by Crippen LogP contribution is 2.37. The van der Waals surface area contributed by atoms with Gasteiger partial charge in [-0.2, -0.15) is 0 Å². The number of nitrogens with one attached hydrogen (secondary N) is 2. The van der Waals surface area contributed by atoms with Gasteiger partial charge >= 0.3 is 6.03 Å². The molecule has 9 heteroatoms. The van der Waals surface area contributed by atoms with Gasteiger partial charge in [0, 0.05) is 10.9 Å². The summed E-state index contributed by atoms with van der Waals surface area (Å²) < 4.78 is 5.68. The van der Waals surface area contributed by atoms with Gasteiger partial charge in [-0.25, -0.2) is 4.79 Å². The maximum Gasteiger partial charge on any atom is 0.321 e. The summed E-state index contributed by atoms with van der Waals surface area (Å²) in [7, 11) is 0. The summed E-state index contributed by atoms with van der Waals surface area (Å²) in [4.78, 5) is 25.9. The zero-order valence-corrected chi connectivity index (χ0v) is 17.3. The second kappa shape index (κ2) is 8.88. The zero-order valence-electron chi connectivity index (χ0n) is 15.7. The minimum atomic E-state index is -0.487. The van der Waals surface area contributed by atoms with Crippen LogP contribution >= 0.6 is 23.1 Å². The number of thiophene rings is 1. The lowest BCUT2D eigenvalue weighted by Gasteiger charge is -2.16. The predicted molar refractivity (Wildman–Crippen MR) is 106 cm³/mol. The Bertz CT molecular complexity index is 817. The number of aryl methyl sites for hydroxylation is 1. The maximum atomic E-state index is 11.9. The lowest BCUT2D eigenvalue weighted by molar-refractivity contribution is -0.117. The summed E-state index contributed by atoms with van der Waals surface area (Å²) in [5.41, 5.74) is 1.38. The summed E-state index contributed by atoms with van der Waals surface area (Å²) in [5.74, 6) is 0.832. The van der Waals surface area contributed by atoms with Crippen LogP contribution in [0, 0.1) is 5.92 Å². The second-order valence-corrected chi connectivity index (χ2v) is 8.96. The molecule has 1 aliphatic rings. The average Bonchev–Trinajstić information content (AvgIpc) is 3.25. The number of amides is 3. The Balaban J connectivity index is 1.53. The van der Waals surface area contributed by atoms with Crippen molar-refractivity contribution in [3.05, 3.63) is 16.5 Å². The molecule has 2 heterocycles. The summed E-state index contributed by atoms with van der Waals surface area (Å²) in [6.45, 7) is 6.11. The fraction of sp³-hybridized carbons (Fsp3) is 0.556. The van der Waals surface area contributed by atoms with Gasteiger partial charge in [-0.15, -0.1) is 21.5 Å². The van der Waals surface area contributed by atoms with Crippen LogP contribution in [-0.4, -0.2) is 33.9 Å². The summed E-state index contributed by atoms with van der Waals surface area (Å²) >= 11 is 2.82. The van der Waals surface area contributed by atoms with E-state index in [2.05, 4.69) is 33.8 Å². The van der Waals surface area contributed by atoms with Crippen LogP contribution in [0.25, 0.3) is 10.8 Å². The fourth-order valence-electron chi connectivity index (χ4n) is 2.83. The van der Waals surface area contributed by atoms with Crippen LogP contribution in [0.2, 0.25) is 0 Å². The van der Waals surface area contributed by atoms with E-state index in [1.807, 2.05) is 13.8 Å². The Hall–Kier alpha value is -1.87. The van der Waals surface area contributed by atoms with Crippen LogP contribution < -0.4 is 10.6 Å². The van der Waals surface area contributed by atoms with Gasteiger partial charge in [-0.1, -0.05) is 25.6 Å². The number of rotatable bonds is 6. The molecule has 2 aromatic rings. The van der Waals surface area contributed by atoms with Gasteiger partial charge < -0.3 is 9.73 Å². The van der Waals surface area contributed by atoms with Crippen molar-refractivity contribution in [3.63, 3.8) is 0 Å². The molecule has 2 atom stereocenters. The Morgan fingerprint density at radius 1 is 1.44 bits per heavy atom. The SMILES string of the molecule is CC[C@H](C)NC(=O)NC(=O)CSc1nnc(-c2cc3c(s2)CC[C@H](C)C3)o1. The minimum absolute atomic E-state index is 0.0172. The molecule has 0 spiro atoms. The molecule has 3 rings (SSSR count). The lowest BCUT2D eigenvalue weighted by Crippen LogP contribution is -2.43. The topological polar surface area (TPSA) is 97.1 Å². The number of thioether (sulfide) groups is 1. The van der Waals surface area contributed by atoms with Crippen LogP contribution in [0.15, 0.2) is 15.7 Å². The molecule has 0 fully saturated rings. The standard InChI is InChI=1S/C18H24N4O3S2/c1-4-11(3)19-17(24)20-15(23)9-26-18-22-21-16(25-18)14-8-12-7-10(2)5-6-13(12)27-14/h8,10-11H,4-7,9H2,1-3H3,(H2,19,20,23,24)/t10-,11-/m0/s1. The van der Waals surface area contributed by atoms with E-state index in [4.69, 9.17) is 4.42 Å². The molecule has 0 unspecified atom stereocenters. The summed E-state index contributed by atoms with van der Waals surface area (Å²) in [5, 5.41) is 13.4. The molecule has 0 saturated carbocycles. The molecule has 0 aromatic carbocycles. The van der Waals surface area contributed by atoms with E-state index in [9.17, 15) is 9.59 Å². The van der Waals surface area contributed by atoms with E-state index in [1.165, 1.54) is 16.9 Å². The predicted octanol–water partition coefficient (Wildman–Crippen LogP) is 3.64. The van der Waals surface area contributed by atoms with Gasteiger partial charge in [0.05, 0.1) is 10.6 Å². The molecule has 7 nitrogen and oxygen atoms in total. The molecule has 2 N–H and O–H groups in total. The molecule has 146 valence electrons. The van der Waals surface area contributed by atoms with Gasteiger partial charge in [0.2, 0.25) is 5.91 Å². The van der Waals surface area contributed by atoms with E-state index < -0.39 is 11.9 Å². The van der Waals surface area contributed by atoms with Crippen molar-refractivity contribution in [2.24, 2.45) is 5.92 Å². The molecule has 0 aliphatic heterocycles. The largest absolute Gasteiger partial charge is 0.410 e. The quantitative estimate of drug-likeness (QED) is 0.708. The number of fused-ring (bicyclic) bond motifs is 1. The Morgan fingerprint density at radius 2 is 2.26 bits per heavy atom. The molecule has 0 bridgehead atoms. The van der Waals surface area contributed by atoms with Crippen molar-refractivity contribution >= 4 is 35.0 Å². The maximum absolute atomic E-state index is 11.9. The zero-order chi connectivity index (χ0) is 19.4.